The van der Waals surface area contributed by atoms with Crippen LogP contribution in [0.4, 0.5) is 0 Å². The van der Waals surface area contributed by atoms with Crippen LogP contribution in [-0.2, 0) is 6.61 Å². The molecule has 0 heterocycles. The fraction of sp³-hybridized carbons (Fsp3) is 0.294. The van der Waals surface area contributed by atoms with Gasteiger partial charge in [0.15, 0.2) is 0 Å². The molecule has 0 radical (unpaired) electrons. The average Bonchev–Trinajstić information content (AvgIpc) is 2.40. The molecular formula is C17H21NO. The van der Waals surface area contributed by atoms with E-state index in [1.54, 1.807) is 0 Å². The lowest BCUT2D eigenvalue weighted by Gasteiger charge is -2.10. The van der Waals surface area contributed by atoms with Gasteiger partial charge in [0.1, 0.15) is 12.4 Å². The van der Waals surface area contributed by atoms with Gasteiger partial charge in [-0.05, 0) is 55.2 Å². The number of nitrogens with two attached hydrogens (primary N) is 1. The van der Waals surface area contributed by atoms with E-state index in [0.717, 1.165) is 11.3 Å². The summed E-state index contributed by atoms with van der Waals surface area (Å²) in [5.74, 6) is 0.877. The molecule has 19 heavy (non-hydrogen) atoms. The molecule has 0 aromatic heterocycles. The molecule has 0 spiro atoms. The molecule has 1 atom stereocenters. The Labute approximate surface area is 115 Å². The molecule has 2 N–H and O–H groups in total. The van der Waals surface area contributed by atoms with Crippen LogP contribution in [-0.4, -0.2) is 0 Å². The van der Waals surface area contributed by atoms with E-state index < -0.39 is 0 Å². The normalized spacial score (nSPS) is 12.2. The Hall–Kier alpha value is -1.80. The standard InChI is InChI=1S/C17H21NO/c1-12-4-5-15(10-13(12)2)11-19-17-8-6-16(7-9-17)14(3)18/h4-10,14H,11,18H2,1-3H3/t14-/m0/s1. The van der Waals surface area contributed by atoms with Crippen LogP contribution in [0.3, 0.4) is 0 Å². The van der Waals surface area contributed by atoms with Crippen LogP contribution >= 0.6 is 0 Å². The molecule has 0 fully saturated rings. The van der Waals surface area contributed by atoms with Crippen molar-refractivity contribution in [1.82, 2.24) is 0 Å². The molecule has 0 unspecified atom stereocenters. The van der Waals surface area contributed by atoms with Crippen LogP contribution in [0.15, 0.2) is 42.5 Å². The number of benzene rings is 2. The zero-order valence-corrected chi connectivity index (χ0v) is 11.8. The van der Waals surface area contributed by atoms with E-state index in [2.05, 4.69) is 32.0 Å². The summed E-state index contributed by atoms with van der Waals surface area (Å²) in [6, 6.07) is 14.5. The predicted molar refractivity (Wildman–Crippen MR) is 79.3 cm³/mol. The monoisotopic (exact) mass is 255 g/mol. The predicted octanol–water partition coefficient (Wildman–Crippen LogP) is 3.90. The topological polar surface area (TPSA) is 35.2 Å². The van der Waals surface area contributed by atoms with Gasteiger partial charge < -0.3 is 10.5 Å². The molecule has 2 nitrogen and oxygen atoms in total. The fourth-order valence-electron chi connectivity index (χ4n) is 1.93. The highest BCUT2D eigenvalue weighted by Gasteiger charge is 2.01. The molecule has 2 heteroatoms. The first kappa shape index (κ1) is 13.6. The van der Waals surface area contributed by atoms with E-state index in [-0.39, 0.29) is 6.04 Å². The first-order valence-corrected chi connectivity index (χ1v) is 6.61. The quantitative estimate of drug-likeness (QED) is 0.899. The van der Waals surface area contributed by atoms with Gasteiger partial charge in [0.2, 0.25) is 0 Å². The zero-order chi connectivity index (χ0) is 13.8. The zero-order valence-electron chi connectivity index (χ0n) is 11.8. The molecule has 0 aliphatic heterocycles. The van der Waals surface area contributed by atoms with Crippen molar-refractivity contribution in [2.45, 2.75) is 33.4 Å². The molecule has 2 aromatic rings. The summed E-state index contributed by atoms with van der Waals surface area (Å²) < 4.78 is 5.78. The number of hydrogen-bond donors (Lipinski definition) is 1. The van der Waals surface area contributed by atoms with Crippen LogP contribution in [0, 0.1) is 13.8 Å². The van der Waals surface area contributed by atoms with E-state index >= 15 is 0 Å². The number of rotatable bonds is 4. The van der Waals surface area contributed by atoms with Crippen molar-refractivity contribution >= 4 is 0 Å². The molecule has 2 rings (SSSR count). The third kappa shape index (κ3) is 3.58. The number of ether oxygens (including phenoxy) is 1. The van der Waals surface area contributed by atoms with Crippen LogP contribution in [0.5, 0.6) is 5.75 Å². The van der Waals surface area contributed by atoms with E-state index in [4.69, 9.17) is 10.5 Å². The second-order valence-corrected chi connectivity index (χ2v) is 5.06. The van der Waals surface area contributed by atoms with E-state index in [0.29, 0.717) is 6.61 Å². The molecule has 0 saturated heterocycles. The van der Waals surface area contributed by atoms with Crippen molar-refractivity contribution in [3.05, 3.63) is 64.7 Å². The van der Waals surface area contributed by atoms with Crippen LogP contribution in [0.1, 0.15) is 35.2 Å². The van der Waals surface area contributed by atoms with E-state index in [1.165, 1.54) is 16.7 Å². The lowest BCUT2D eigenvalue weighted by atomic mass is 10.1. The minimum Gasteiger partial charge on any atom is -0.489 e. The van der Waals surface area contributed by atoms with Gasteiger partial charge in [0.05, 0.1) is 0 Å². The Balaban J connectivity index is 2.00. The average molecular weight is 255 g/mol. The van der Waals surface area contributed by atoms with Crippen LogP contribution in [0.2, 0.25) is 0 Å². The maximum absolute atomic E-state index is 5.82. The molecule has 0 aliphatic rings. The summed E-state index contributed by atoms with van der Waals surface area (Å²) in [6.45, 7) is 6.81. The van der Waals surface area contributed by atoms with Gasteiger partial charge in [-0.3, -0.25) is 0 Å². The van der Waals surface area contributed by atoms with Crippen molar-refractivity contribution in [3.63, 3.8) is 0 Å². The van der Waals surface area contributed by atoms with Crippen LogP contribution < -0.4 is 10.5 Å². The fourth-order valence-corrected chi connectivity index (χ4v) is 1.93. The van der Waals surface area contributed by atoms with Crippen molar-refractivity contribution in [1.29, 1.82) is 0 Å². The van der Waals surface area contributed by atoms with Crippen molar-refractivity contribution in [2.24, 2.45) is 5.73 Å². The van der Waals surface area contributed by atoms with Crippen molar-refractivity contribution < 1.29 is 4.74 Å². The molecular weight excluding hydrogens is 234 g/mol. The highest BCUT2D eigenvalue weighted by Crippen LogP contribution is 2.18. The smallest absolute Gasteiger partial charge is 0.119 e. The highest BCUT2D eigenvalue weighted by atomic mass is 16.5. The van der Waals surface area contributed by atoms with E-state index in [9.17, 15) is 0 Å². The second kappa shape index (κ2) is 5.89. The Morgan fingerprint density at radius 2 is 1.68 bits per heavy atom. The van der Waals surface area contributed by atoms with Gasteiger partial charge in [-0.25, -0.2) is 0 Å². The Kier molecular flexibility index (Phi) is 4.23. The van der Waals surface area contributed by atoms with Gasteiger partial charge in [0.25, 0.3) is 0 Å². The third-order valence-corrected chi connectivity index (χ3v) is 3.38. The second-order valence-electron chi connectivity index (χ2n) is 5.06. The Bertz CT molecular complexity index is 544. The summed E-state index contributed by atoms with van der Waals surface area (Å²) in [5, 5.41) is 0. The molecule has 0 aliphatic carbocycles. The van der Waals surface area contributed by atoms with E-state index in [1.807, 2.05) is 31.2 Å². The molecule has 0 bridgehead atoms. The summed E-state index contributed by atoms with van der Waals surface area (Å²) in [7, 11) is 0. The lowest BCUT2D eigenvalue weighted by molar-refractivity contribution is 0.306. The maximum atomic E-state index is 5.82. The summed E-state index contributed by atoms with van der Waals surface area (Å²) in [6.07, 6.45) is 0. The van der Waals surface area contributed by atoms with Gasteiger partial charge in [-0.1, -0.05) is 30.3 Å². The molecule has 0 saturated carbocycles. The minimum atomic E-state index is 0.0637. The Morgan fingerprint density at radius 1 is 1.00 bits per heavy atom. The van der Waals surface area contributed by atoms with Gasteiger partial charge in [-0.15, -0.1) is 0 Å². The summed E-state index contributed by atoms with van der Waals surface area (Å²) >= 11 is 0. The molecule has 100 valence electrons. The molecule has 0 amide bonds. The highest BCUT2D eigenvalue weighted by molar-refractivity contribution is 5.31. The Morgan fingerprint density at radius 3 is 2.26 bits per heavy atom. The first-order chi connectivity index (χ1) is 9.06. The summed E-state index contributed by atoms with van der Waals surface area (Å²) in [4.78, 5) is 0. The minimum absolute atomic E-state index is 0.0637. The third-order valence-electron chi connectivity index (χ3n) is 3.38. The van der Waals surface area contributed by atoms with Crippen molar-refractivity contribution in [3.8, 4) is 5.75 Å². The number of hydrogen-bond acceptors (Lipinski definition) is 2. The molecule has 2 aromatic carbocycles. The van der Waals surface area contributed by atoms with Gasteiger partial charge in [0, 0.05) is 6.04 Å². The lowest BCUT2D eigenvalue weighted by Crippen LogP contribution is -2.04. The van der Waals surface area contributed by atoms with Gasteiger partial charge >= 0.3 is 0 Å². The largest absolute Gasteiger partial charge is 0.489 e. The first-order valence-electron chi connectivity index (χ1n) is 6.61. The summed E-state index contributed by atoms with van der Waals surface area (Å²) in [5.41, 5.74) is 10.7. The maximum Gasteiger partial charge on any atom is 0.119 e. The van der Waals surface area contributed by atoms with Crippen molar-refractivity contribution in [2.75, 3.05) is 0 Å². The van der Waals surface area contributed by atoms with Crippen LogP contribution in [0.25, 0.3) is 0 Å². The van der Waals surface area contributed by atoms with Gasteiger partial charge in [-0.2, -0.15) is 0 Å². The number of aryl methyl sites for hydroxylation is 2. The SMILES string of the molecule is Cc1ccc(COc2ccc([C@H](C)N)cc2)cc1C.